The maximum Gasteiger partial charge on any atom is 0.0702 e. The lowest BCUT2D eigenvalue weighted by Crippen LogP contribution is -2.55. The molecule has 2 rings (SSSR count). The Morgan fingerprint density at radius 3 is 2.88 bits per heavy atom. The van der Waals surface area contributed by atoms with Crippen LogP contribution in [-0.2, 0) is 4.74 Å². The summed E-state index contributed by atoms with van der Waals surface area (Å²) in [6.45, 7) is 4.97. The number of likely N-dealkylation sites (tertiary alicyclic amines) is 1. The summed E-state index contributed by atoms with van der Waals surface area (Å²) in [5.74, 6) is 0. The third-order valence-corrected chi connectivity index (χ3v) is 4.21. The Morgan fingerprint density at radius 1 is 1.56 bits per heavy atom. The monoisotopic (exact) mass is 227 g/mol. The first kappa shape index (κ1) is 12.3. The van der Waals surface area contributed by atoms with Crippen molar-refractivity contribution in [2.45, 2.75) is 30.9 Å². The quantitative estimate of drug-likeness (QED) is 0.741. The van der Waals surface area contributed by atoms with Gasteiger partial charge in [0.1, 0.15) is 0 Å². The van der Waals surface area contributed by atoms with Crippen molar-refractivity contribution in [1.29, 1.82) is 0 Å². The predicted octanol–water partition coefficient (Wildman–Crippen LogP) is 0.130. The zero-order chi connectivity index (χ0) is 11.6. The van der Waals surface area contributed by atoms with Crippen LogP contribution in [0.2, 0.25) is 0 Å². The molecule has 2 saturated heterocycles. The topological polar surface area (TPSA) is 41.7 Å². The fraction of sp³-hybridized carbons (Fsp3) is 1.00. The molecular weight excluding hydrogens is 202 g/mol. The molecule has 16 heavy (non-hydrogen) atoms. The summed E-state index contributed by atoms with van der Waals surface area (Å²) in [5, 5.41) is 0. The van der Waals surface area contributed by atoms with Gasteiger partial charge in [-0.1, -0.05) is 0 Å². The van der Waals surface area contributed by atoms with Crippen LogP contribution >= 0.6 is 0 Å². The molecule has 0 radical (unpaired) electrons. The van der Waals surface area contributed by atoms with Crippen LogP contribution in [0.5, 0.6) is 0 Å². The highest BCUT2D eigenvalue weighted by Gasteiger charge is 2.39. The summed E-state index contributed by atoms with van der Waals surface area (Å²) in [6.07, 6.45) is 4.04. The Balaban J connectivity index is 1.92. The minimum absolute atomic E-state index is 0.181. The van der Waals surface area contributed by atoms with Crippen LogP contribution in [0.4, 0.5) is 0 Å². The highest BCUT2D eigenvalue weighted by molar-refractivity contribution is 4.98. The Bertz CT molecular complexity index is 230. The molecular formula is C12H25N3O. The first-order valence-corrected chi connectivity index (χ1v) is 6.38. The number of nitrogens with two attached hydrogens (primary N) is 1. The molecule has 4 nitrogen and oxygen atoms in total. The van der Waals surface area contributed by atoms with E-state index in [0.29, 0.717) is 6.10 Å². The van der Waals surface area contributed by atoms with Crippen LogP contribution in [0, 0.1) is 0 Å². The molecule has 0 aromatic heterocycles. The smallest absolute Gasteiger partial charge is 0.0702 e. The maximum atomic E-state index is 6.00. The van der Waals surface area contributed by atoms with Gasteiger partial charge in [0.2, 0.25) is 0 Å². The lowest BCUT2D eigenvalue weighted by atomic mass is 9.96. The van der Waals surface area contributed by atoms with E-state index in [0.717, 1.165) is 32.8 Å². The minimum Gasteiger partial charge on any atom is -0.377 e. The van der Waals surface area contributed by atoms with Crippen molar-refractivity contribution in [2.75, 3.05) is 46.9 Å². The molecule has 0 spiro atoms. The molecule has 0 amide bonds. The van der Waals surface area contributed by atoms with Gasteiger partial charge in [-0.25, -0.2) is 0 Å². The SMILES string of the molecule is CN1CCC(CN)(N(C)CC2CCCO2)C1. The van der Waals surface area contributed by atoms with Gasteiger partial charge in [0, 0.05) is 31.8 Å². The molecule has 2 N–H and O–H groups in total. The predicted molar refractivity (Wildman–Crippen MR) is 65.5 cm³/mol. The summed E-state index contributed by atoms with van der Waals surface area (Å²) in [5.41, 5.74) is 6.18. The van der Waals surface area contributed by atoms with E-state index in [9.17, 15) is 0 Å². The number of likely N-dealkylation sites (N-methyl/N-ethyl adjacent to an activating group) is 2. The second-order valence-electron chi connectivity index (χ2n) is 5.43. The second-order valence-corrected chi connectivity index (χ2v) is 5.43. The van der Waals surface area contributed by atoms with Crippen molar-refractivity contribution in [3.05, 3.63) is 0 Å². The van der Waals surface area contributed by atoms with Crippen molar-refractivity contribution >= 4 is 0 Å². The van der Waals surface area contributed by atoms with Gasteiger partial charge in [-0.2, -0.15) is 0 Å². The van der Waals surface area contributed by atoms with E-state index in [1.165, 1.54) is 19.3 Å². The Morgan fingerprint density at radius 2 is 2.38 bits per heavy atom. The maximum absolute atomic E-state index is 6.00. The number of ether oxygens (including phenoxy) is 1. The van der Waals surface area contributed by atoms with E-state index >= 15 is 0 Å². The zero-order valence-electron chi connectivity index (χ0n) is 10.6. The molecule has 0 aliphatic carbocycles. The van der Waals surface area contributed by atoms with Crippen molar-refractivity contribution in [3.63, 3.8) is 0 Å². The van der Waals surface area contributed by atoms with Crippen LogP contribution in [0.1, 0.15) is 19.3 Å². The molecule has 0 saturated carbocycles. The van der Waals surface area contributed by atoms with Gasteiger partial charge >= 0.3 is 0 Å². The van der Waals surface area contributed by atoms with Crippen LogP contribution in [0.25, 0.3) is 0 Å². The van der Waals surface area contributed by atoms with Gasteiger partial charge < -0.3 is 15.4 Å². The summed E-state index contributed by atoms with van der Waals surface area (Å²) < 4.78 is 5.70. The molecule has 2 heterocycles. The van der Waals surface area contributed by atoms with Gasteiger partial charge in [0.15, 0.2) is 0 Å². The first-order valence-electron chi connectivity index (χ1n) is 6.38. The molecule has 4 heteroatoms. The average Bonchev–Trinajstić information content (AvgIpc) is 2.88. The third kappa shape index (κ3) is 2.40. The van der Waals surface area contributed by atoms with E-state index in [1.54, 1.807) is 0 Å². The summed E-state index contributed by atoms with van der Waals surface area (Å²) in [7, 11) is 4.38. The van der Waals surface area contributed by atoms with Gasteiger partial charge in [0.05, 0.1) is 6.10 Å². The average molecular weight is 227 g/mol. The summed E-state index contributed by atoms with van der Waals surface area (Å²) in [4.78, 5) is 4.81. The van der Waals surface area contributed by atoms with E-state index in [1.807, 2.05) is 0 Å². The summed E-state index contributed by atoms with van der Waals surface area (Å²) >= 11 is 0. The highest BCUT2D eigenvalue weighted by atomic mass is 16.5. The molecule has 2 aliphatic heterocycles. The fourth-order valence-electron chi connectivity index (χ4n) is 2.98. The molecule has 0 aromatic carbocycles. The summed E-state index contributed by atoms with van der Waals surface area (Å²) in [6, 6.07) is 0. The van der Waals surface area contributed by atoms with Crippen LogP contribution in [0.3, 0.4) is 0 Å². The van der Waals surface area contributed by atoms with Crippen LogP contribution in [0.15, 0.2) is 0 Å². The number of hydrogen-bond donors (Lipinski definition) is 1. The molecule has 0 aromatic rings. The lowest BCUT2D eigenvalue weighted by Gasteiger charge is -2.39. The third-order valence-electron chi connectivity index (χ3n) is 4.21. The van der Waals surface area contributed by atoms with Gasteiger partial charge in [-0.3, -0.25) is 4.90 Å². The Labute approximate surface area is 98.7 Å². The van der Waals surface area contributed by atoms with Crippen molar-refractivity contribution in [3.8, 4) is 0 Å². The largest absolute Gasteiger partial charge is 0.377 e. The van der Waals surface area contributed by atoms with E-state index < -0.39 is 0 Å². The highest BCUT2D eigenvalue weighted by Crippen LogP contribution is 2.26. The molecule has 2 atom stereocenters. The van der Waals surface area contributed by atoms with Gasteiger partial charge in [0.25, 0.3) is 0 Å². The Kier molecular flexibility index (Phi) is 3.85. The molecule has 2 aliphatic rings. The molecule has 2 unspecified atom stereocenters. The molecule has 2 fully saturated rings. The van der Waals surface area contributed by atoms with Crippen molar-refractivity contribution in [2.24, 2.45) is 5.73 Å². The standard InChI is InChI=1S/C12H25N3O/c1-14-6-5-12(9-13,10-14)15(2)8-11-4-3-7-16-11/h11H,3-10,13H2,1-2H3. The fourth-order valence-corrected chi connectivity index (χ4v) is 2.98. The van der Waals surface area contributed by atoms with Crippen molar-refractivity contribution in [1.82, 2.24) is 9.80 Å². The van der Waals surface area contributed by atoms with E-state index in [2.05, 4.69) is 23.9 Å². The van der Waals surface area contributed by atoms with E-state index in [4.69, 9.17) is 10.5 Å². The Hall–Kier alpha value is -0.160. The number of nitrogens with zero attached hydrogens (tertiary/aromatic N) is 2. The molecule has 0 bridgehead atoms. The zero-order valence-corrected chi connectivity index (χ0v) is 10.6. The van der Waals surface area contributed by atoms with Crippen molar-refractivity contribution < 1.29 is 4.74 Å². The number of hydrogen-bond acceptors (Lipinski definition) is 4. The second kappa shape index (κ2) is 5.00. The van der Waals surface area contributed by atoms with Gasteiger partial charge in [-0.05, 0) is 39.9 Å². The van der Waals surface area contributed by atoms with Crippen LogP contribution < -0.4 is 5.73 Å². The van der Waals surface area contributed by atoms with E-state index in [-0.39, 0.29) is 5.54 Å². The lowest BCUT2D eigenvalue weighted by molar-refractivity contribution is 0.0407. The van der Waals surface area contributed by atoms with Crippen LogP contribution in [-0.4, -0.2) is 68.3 Å². The number of rotatable bonds is 4. The molecule has 94 valence electrons. The minimum atomic E-state index is 0.181. The normalized spacial score (nSPS) is 36.4. The van der Waals surface area contributed by atoms with Gasteiger partial charge in [-0.15, -0.1) is 0 Å². The first-order chi connectivity index (χ1) is 7.66.